The summed E-state index contributed by atoms with van der Waals surface area (Å²) in [7, 11) is 1.70. The summed E-state index contributed by atoms with van der Waals surface area (Å²) in [6.07, 6.45) is 0. The Labute approximate surface area is 112 Å². The number of aromatic amines is 1. The second-order valence-corrected chi connectivity index (χ2v) is 5.16. The Bertz CT molecular complexity index is 571. The monoisotopic (exact) mass is 263 g/mol. The highest BCUT2D eigenvalue weighted by atomic mass is 32.1. The maximum absolute atomic E-state index is 5.45. The van der Waals surface area contributed by atoms with Crippen molar-refractivity contribution in [1.29, 1.82) is 0 Å². The standard InChI is InChI=1S/C13H17N3OS/c1-13(2,17-3)9-16-11(14-15-12(16)18)10-7-5-4-6-8-10/h4-8H,9H2,1-3H3,(H,15,18). The Kier molecular flexibility index (Phi) is 3.63. The molecule has 1 aromatic carbocycles. The van der Waals surface area contributed by atoms with Gasteiger partial charge < -0.3 is 4.74 Å². The summed E-state index contributed by atoms with van der Waals surface area (Å²) in [6, 6.07) is 9.98. The van der Waals surface area contributed by atoms with Gasteiger partial charge in [0.1, 0.15) is 0 Å². The van der Waals surface area contributed by atoms with Crippen LogP contribution in [0, 0.1) is 4.77 Å². The summed E-state index contributed by atoms with van der Waals surface area (Å²) in [5, 5.41) is 7.14. The predicted octanol–water partition coefficient (Wildman–Crippen LogP) is 3.03. The quantitative estimate of drug-likeness (QED) is 0.862. The molecule has 1 heterocycles. The average Bonchev–Trinajstić information content (AvgIpc) is 2.72. The molecular formula is C13H17N3OS. The number of benzene rings is 1. The average molecular weight is 263 g/mol. The minimum Gasteiger partial charge on any atom is -0.377 e. The molecule has 0 amide bonds. The van der Waals surface area contributed by atoms with Crippen LogP contribution in [0.4, 0.5) is 0 Å². The number of nitrogens with zero attached hydrogens (tertiary/aromatic N) is 2. The van der Waals surface area contributed by atoms with E-state index in [2.05, 4.69) is 10.2 Å². The number of H-pyrrole nitrogens is 1. The molecule has 18 heavy (non-hydrogen) atoms. The van der Waals surface area contributed by atoms with Crippen LogP contribution in [-0.2, 0) is 11.3 Å². The molecule has 4 nitrogen and oxygen atoms in total. The molecule has 96 valence electrons. The van der Waals surface area contributed by atoms with E-state index in [1.807, 2.05) is 48.7 Å². The normalized spacial score (nSPS) is 11.7. The summed E-state index contributed by atoms with van der Waals surface area (Å²) < 4.78 is 8.02. The third-order valence-electron chi connectivity index (χ3n) is 2.88. The van der Waals surface area contributed by atoms with Crippen LogP contribution in [0.15, 0.2) is 30.3 Å². The van der Waals surface area contributed by atoms with Gasteiger partial charge in [-0.25, -0.2) is 0 Å². The minimum atomic E-state index is -0.286. The van der Waals surface area contributed by atoms with Crippen LogP contribution in [0.1, 0.15) is 13.8 Å². The molecule has 5 heteroatoms. The zero-order valence-corrected chi connectivity index (χ0v) is 11.6. The van der Waals surface area contributed by atoms with Crippen molar-refractivity contribution in [3.63, 3.8) is 0 Å². The molecule has 1 aromatic heterocycles. The Hall–Kier alpha value is -1.46. The van der Waals surface area contributed by atoms with E-state index in [1.54, 1.807) is 7.11 Å². The lowest BCUT2D eigenvalue weighted by Crippen LogP contribution is -2.29. The number of ether oxygens (including phenoxy) is 1. The summed E-state index contributed by atoms with van der Waals surface area (Å²) in [5.74, 6) is 0.839. The van der Waals surface area contributed by atoms with E-state index in [-0.39, 0.29) is 5.60 Å². The zero-order chi connectivity index (χ0) is 13.2. The van der Waals surface area contributed by atoms with Crippen molar-refractivity contribution in [2.24, 2.45) is 0 Å². The highest BCUT2D eigenvalue weighted by molar-refractivity contribution is 7.71. The van der Waals surface area contributed by atoms with E-state index in [0.29, 0.717) is 11.3 Å². The second-order valence-electron chi connectivity index (χ2n) is 4.77. The molecule has 0 spiro atoms. The van der Waals surface area contributed by atoms with Crippen LogP contribution in [0.5, 0.6) is 0 Å². The number of hydrogen-bond acceptors (Lipinski definition) is 3. The molecule has 0 bridgehead atoms. The smallest absolute Gasteiger partial charge is 0.195 e. The maximum Gasteiger partial charge on any atom is 0.195 e. The fraction of sp³-hybridized carbons (Fsp3) is 0.385. The molecule has 2 aromatic rings. The van der Waals surface area contributed by atoms with Crippen LogP contribution in [-0.4, -0.2) is 27.5 Å². The molecule has 0 aliphatic rings. The minimum absolute atomic E-state index is 0.286. The first-order valence-corrected chi connectivity index (χ1v) is 6.20. The second kappa shape index (κ2) is 5.04. The van der Waals surface area contributed by atoms with Crippen molar-refractivity contribution in [1.82, 2.24) is 14.8 Å². The van der Waals surface area contributed by atoms with Gasteiger partial charge in [0, 0.05) is 12.7 Å². The third kappa shape index (κ3) is 2.68. The van der Waals surface area contributed by atoms with Gasteiger partial charge in [-0.2, -0.15) is 5.10 Å². The summed E-state index contributed by atoms with van der Waals surface area (Å²) in [4.78, 5) is 0. The molecule has 1 N–H and O–H groups in total. The van der Waals surface area contributed by atoms with Crippen LogP contribution in [0.25, 0.3) is 11.4 Å². The molecule has 0 saturated heterocycles. The van der Waals surface area contributed by atoms with E-state index in [9.17, 15) is 0 Å². The largest absolute Gasteiger partial charge is 0.377 e. The van der Waals surface area contributed by atoms with E-state index in [1.165, 1.54) is 0 Å². The van der Waals surface area contributed by atoms with Gasteiger partial charge in [-0.05, 0) is 26.1 Å². The maximum atomic E-state index is 5.45. The van der Waals surface area contributed by atoms with E-state index >= 15 is 0 Å². The number of hydrogen-bond donors (Lipinski definition) is 1. The van der Waals surface area contributed by atoms with Gasteiger partial charge in [0.15, 0.2) is 10.6 Å². The summed E-state index contributed by atoms with van der Waals surface area (Å²) >= 11 is 5.28. The number of nitrogens with one attached hydrogen (secondary N) is 1. The first-order valence-electron chi connectivity index (χ1n) is 5.79. The van der Waals surface area contributed by atoms with Crippen molar-refractivity contribution >= 4 is 12.2 Å². The van der Waals surface area contributed by atoms with Gasteiger partial charge in [0.2, 0.25) is 0 Å². The third-order valence-corrected chi connectivity index (χ3v) is 3.19. The molecule has 0 radical (unpaired) electrons. The van der Waals surface area contributed by atoms with Crippen molar-refractivity contribution in [3.05, 3.63) is 35.1 Å². The molecule has 0 aliphatic heterocycles. The Balaban J connectivity index is 2.43. The van der Waals surface area contributed by atoms with Gasteiger partial charge in [-0.15, -0.1) is 0 Å². The number of aromatic nitrogens is 3. The predicted molar refractivity (Wildman–Crippen MR) is 73.9 cm³/mol. The van der Waals surface area contributed by atoms with Crippen molar-refractivity contribution < 1.29 is 4.74 Å². The molecule has 2 rings (SSSR count). The Morgan fingerprint density at radius 2 is 2.00 bits per heavy atom. The van der Waals surface area contributed by atoms with Crippen molar-refractivity contribution in [3.8, 4) is 11.4 Å². The Morgan fingerprint density at radius 3 is 2.61 bits per heavy atom. The van der Waals surface area contributed by atoms with Gasteiger partial charge in [-0.3, -0.25) is 9.67 Å². The zero-order valence-electron chi connectivity index (χ0n) is 10.8. The van der Waals surface area contributed by atoms with Gasteiger partial charge >= 0.3 is 0 Å². The highest BCUT2D eigenvalue weighted by Crippen LogP contribution is 2.20. The van der Waals surface area contributed by atoms with Gasteiger partial charge in [0.25, 0.3) is 0 Å². The molecule has 0 atom stereocenters. The van der Waals surface area contributed by atoms with Crippen LogP contribution in [0.2, 0.25) is 0 Å². The molecule has 0 aliphatic carbocycles. The fourth-order valence-corrected chi connectivity index (χ4v) is 1.91. The Morgan fingerprint density at radius 1 is 1.33 bits per heavy atom. The van der Waals surface area contributed by atoms with E-state index in [4.69, 9.17) is 17.0 Å². The van der Waals surface area contributed by atoms with Crippen LogP contribution in [0.3, 0.4) is 0 Å². The lowest BCUT2D eigenvalue weighted by atomic mass is 10.1. The van der Waals surface area contributed by atoms with Crippen molar-refractivity contribution in [2.45, 2.75) is 26.0 Å². The first kappa shape index (κ1) is 13.0. The first-order chi connectivity index (χ1) is 8.53. The highest BCUT2D eigenvalue weighted by Gasteiger charge is 2.20. The lowest BCUT2D eigenvalue weighted by molar-refractivity contribution is 0.00814. The fourth-order valence-electron chi connectivity index (χ4n) is 1.72. The molecule has 0 unspecified atom stereocenters. The summed E-state index contributed by atoms with van der Waals surface area (Å²) in [5.41, 5.74) is 0.753. The number of rotatable bonds is 4. The van der Waals surface area contributed by atoms with E-state index in [0.717, 1.165) is 11.4 Å². The van der Waals surface area contributed by atoms with Gasteiger partial charge in [0.05, 0.1) is 12.1 Å². The summed E-state index contributed by atoms with van der Waals surface area (Å²) in [6.45, 7) is 4.70. The van der Waals surface area contributed by atoms with Crippen LogP contribution >= 0.6 is 12.2 Å². The van der Waals surface area contributed by atoms with E-state index < -0.39 is 0 Å². The van der Waals surface area contributed by atoms with Gasteiger partial charge in [-0.1, -0.05) is 30.3 Å². The number of methoxy groups -OCH3 is 1. The van der Waals surface area contributed by atoms with Crippen molar-refractivity contribution in [2.75, 3.05) is 7.11 Å². The van der Waals surface area contributed by atoms with Crippen LogP contribution < -0.4 is 0 Å². The topological polar surface area (TPSA) is 42.8 Å². The molecule has 0 fully saturated rings. The molecule has 0 saturated carbocycles. The lowest BCUT2D eigenvalue weighted by Gasteiger charge is -2.23. The molecular weight excluding hydrogens is 246 g/mol. The SMILES string of the molecule is COC(C)(C)Cn1c(-c2ccccc2)n[nH]c1=S.